The molecule has 4 aromatic rings. The first-order valence-electron chi connectivity index (χ1n) is 18.4. The SMILES string of the molecule is CC(C)(C)C(=O)OCOP1(=O)OC[C@H]2O[C@@H](n3cnc4c(N)ncnc43)C[C@H]2OP(=O)(OCOC(=O)C(C)(C)C)OC[C@H]2C[C@@H](n3cnc4c(N)ncnc43)[C@@H](F)[C@H]2O1. The zero-order chi connectivity index (χ0) is 42.5. The minimum Gasteiger partial charge on any atom is -0.437 e. The quantitative estimate of drug-likeness (QED) is 0.143. The minimum atomic E-state index is -4.88. The topological polar surface area (TPSA) is 291 Å². The second-order valence-electron chi connectivity index (χ2n) is 16.1. The van der Waals surface area contributed by atoms with Crippen molar-refractivity contribution < 1.29 is 64.5 Å². The molecule has 0 bridgehead atoms. The Balaban J connectivity index is 1.22. The molecule has 7 rings (SSSR count). The number of rotatable bonds is 8. The molecule has 59 heavy (non-hydrogen) atoms. The summed E-state index contributed by atoms with van der Waals surface area (Å²) in [5.41, 5.74) is 11.1. The average molecular weight is 871 g/mol. The van der Waals surface area contributed by atoms with Crippen LogP contribution in [-0.4, -0.2) is 102 Å². The van der Waals surface area contributed by atoms with Crippen LogP contribution >= 0.6 is 15.6 Å². The molecular weight excluding hydrogens is 825 g/mol. The van der Waals surface area contributed by atoms with Gasteiger partial charge in [0.1, 0.15) is 54.4 Å². The monoisotopic (exact) mass is 870 g/mol. The standard InChI is InChI=1S/C33H45FN10O13P2/c1-32(2,3)30(45)49-15-53-58(47)51-9-17-7-18(43-13-41-23-26(35)37-11-39-28(23)43)22(34)25(17)57-59(48,54-16-50-31(46)33(4,5)6)52-10-20-19(56-58)8-21(55-20)44-14-42-24-27(36)38-12-40-29(24)44/h11-14,17-22,25H,7-10,15-16H2,1-6H3,(H2,35,37,39)(H2,36,38,40)/t17-,18-,19-,20-,21-,22-,25+,58?,59?/m1/s1. The van der Waals surface area contributed by atoms with Gasteiger partial charge in [0.2, 0.25) is 13.6 Å². The molecule has 0 radical (unpaired) electrons. The maximum atomic E-state index is 16.9. The highest BCUT2D eigenvalue weighted by Gasteiger charge is 2.53. The van der Waals surface area contributed by atoms with E-state index < -0.39 is 108 Å². The summed E-state index contributed by atoms with van der Waals surface area (Å²) in [5.74, 6) is -2.27. The first kappa shape index (κ1) is 42.9. The van der Waals surface area contributed by atoms with Crippen molar-refractivity contribution in [2.75, 3.05) is 38.3 Å². The molecule has 2 saturated heterocycles. The lowest BCUT2D eigenvalue weighted by Crippen LogP contribution is -2.34. The Morgan fingerprint density at radius 2 is 1.29 bits per heavy atom. The highest BCUT2D eigenvalue weighted by molar-refractivity contribution is 7.48. The molecule has 1 aliphatic carbocycles. The maximum Gasteiger partial charge on any atom is 0.478 e. The van der Waals surface area contributed by atoms with Crippen molar-refractivity contribution in [1.82, 2.24) is 39.0 Å². The lowest BCUT2D eigenvalue weighted by atomic mass is 9.98. The molecule has 0 spiro atoms. The molecule has 2 aliphatic heterocycles. The number of ether oxygens (including phenoxy) is 3. The van der Waals surface area contributed by atoms with E-state index in [2.05, 4.69) is 29.9 Å². The summed E-state index contributed by atoms with van der Waals surface area (Å²) in [4.78, 5) is 50.1. The average Bonchev–Trinajstić information content (AvgIpc) is 3.95. The van der Waals surface area contributed by atoms with Crippen LogP contribution < -0.4 is 11.5 Å². The van der Waals surface area contributed by atoms with E-state index in [0.717, 1.165) is 0 Å². The summed E-state index contributed by atoms with van der Waals surface area (Å²) < 4.78 is 100. The molecule has 6 heterocycles. The van der Waals surface area contributed by atoms with Gasteiger partial charge in [-0.25, -0.2) is 52.5 Å². The first-order chi connectivity index (χ1) is 27.8. The van der Waals surface area contributed by atoms with E-state index in [1.165, 1.54) is 34.4 Å². The summed E-state index contributed by atoms with van der Waals surface area (Å²) in [7, 11) is -9.63. The Hall–Kier alpha value is -4.25. The predicted molar refractivity (Wildman–Crippen MR) is 200 cm³/mol. The second kappa shape index (κ2) is 16.3. The van der Waals surface area contributed by atoms with E-state index in [0.29, 0.717) is 5.65 Å². The smallest absolute Gasteiger partial charge is 0.437 e. The molecule has 3 aliphatic rings. The number of halogens is 1. The van der Waals surface area contributed by atoms with Gasteiger partial charge in [-0.3, -0.25) is 32.3 Å². The van der Waals surface area contributed by atoms with E-state index in [9.17, 15) is 18.7 Å². The van der Waals surface area contributed by atoms with Crippen LogP contribution in [0, 0.1) is 16.7 Å². The summed E-state index contributed by atoms with van der Waals surface area (Å²) >= 11 is 0. The fourth-order valence-electron chi connectivity index (χ4n) is 6.54. The number of carbonyl (C=O) groups excluding carboxylic acids is 2. The molecule has 0 amide bonds. The fraction of sp³-hybridized carbons (Fsp3) is 0.636. The van der Waals surface area contributed by atoms with E-state index in [1.54, 1.807) is 41.5 Å². The largest absolute Gasteiger partial charge is 0.478 e. The molecule has 9 atom stereocenters. The van der Waals surface area contributed by atoms with Crippen LogP contribution in [0.2, 0.25) is 0 Å². The zero-order valence-corrected chi connectivity index (χ0v) is 34.7. The minimum absolute atomic E-state index is 0.0559. The van der Waals surface area contributed by atoms with Gasteiger partial charge in [-0.15, -0.1) is 0 Å². The third-order valence-electron chi connectivity index (χ3n) is 9.70. The number of hydrogen-bond acceptors (Lipinski definition) is 21. The number of nitrogens with zero attached hydrogens (tertiary/aromatic N) is 8. The third-order valence-corrected chi connectivity index (χ3v) is 12.5. The number of hydrogen-bond donors (Lipinski definition) is 2. The Morgan fingerprint density at radius 1 is 0.763 bits per heavy atom. The number of aromatic nitrogens is 8. The number of alkyl halides is 1. The lowest BCUT2D eigenvalue weighted by molar-refractivity contribution is -0.161. The summed E-state index contributed by atoms with van der Waals surface area (Å²) in [6.07, 6.45) is -2.05. The summed E-state index contributed by atoms with van der Waals surface area (Å²) in [6.45, 7) is 6.69. The summed E-state index contributed by atoms with van der Waals surface area (Å²) in [5, 5.41) is 0. The van der Waals surface area contributed by atoms with Crippen molar-refractivity contribution in [3.05, 3.63) is 25.3 Å². The number of fused-ring (bicyclic) bond motifs is 4. The molecule has 322 valence electrons. The number of nitrogen functional groups attached to an aromatic ring is 2. The van der Waals surface area contributed by atoms with Crippen molar-refractivity contribution in [3.63, 3.8) is 0 Å². The molecular formula is C33H45FN10O13P2. The second-order valence-corrected chi connectivity index (χ2v) is 19.3. The Kier molecular flexibility index (Phi) is 11.9. The van der Waals surface area contributed by atoms with Crippen LogP contribution in [0.1, 0.15) is 66.7 Å². The van der Waals surface area contributed by atoms with Crippen molar-refractivity contribution in [3.8, 4) is 0 Å². The molecule has 1 saturated carbocycles. The van der Waals surface area contributed by atoms with Gasteiger partial charge in [0, 0.05) is 12.3 Å². The molecule has 2 unspecified atom stereocenters. The van der Waals surface area contributed by atoms with E-state index in [1.807, 2.05) is 0 Å². The van der Waals surface area contributed by atoms with Crippen LogP contribution in [0.4, 0.5) is 16.0 Å². The molecule has 0 aromatic carbocycles. The van der Waals surface area contributed by atoms with E-state index in [4.69, 9.17) is 52.8 Å². The normalized spacial score (nSPS) is 30.7. The van der Waals surface area contributed by atoms with E-state index >= 15 is 4.39 Å². The molecule has 4 aromatic heterocycles. The molecule has 3 fully saturated rings. The predicted octanol–water partition coefficient (Wildman–Crippen LogP) is 4.18. The highest BCUT2D eigenvalue weighted by atomic mass is 31.2. The Morgan fingerprint density at radius 3 is 1.86 bits per heavy atom. The van der Waals surface area contributed by atoms with Crippen molar-refractivity contribution in [1.29, 1.82) is 0 Å². The Bertz CT molecular complexity index is 2300. The molecule has 23 nitrogen and oxygen atoms in total. The number of phosphoric ester groups is 2. The van der Waals surface area contributed by atoms with Crippen LogP contribution in [0.5, 0.6) is 0 Å². The Labute approximate surface area is 336 Å². The number of esters is 2. The number of carbonyl (C=O) groups is 2. The van der Waals surface area contributed by atoms with Gasteiger partial charge in [-0.1, -0.05) is 0 Å². The van der Waals surface area contributed by atoms with Gasteiger partial charge >= 0.3 is 27.6 Å². The van der Waals surface area contributed by atoms with Crippen LogP contribution in [-0.2, 0) is 60.1 Å². The highest BCUT2D eigenvalue weighted by Crippen LogP contribution is 2.59. The van der Waals surface area contributed by atoms with Gasteiger partial charge < -0.3 is 30.2 Å². The van der Waals surface area contributed by atoms with Crippen molar-refractivity contribution in [2.45, 2.75) is 91.1 Å². The maximum absolute atomic E-state index is 16.9. The van der Waals surface area contributed by atoms with Gasteiger partial charge in [0.25, 0.3) is 0 Å². The van der Waals surface area contributed by atoms with Gasteiger partial charge in [-0.2, -0.15) is 0 Å². The van der Waals surface area contributed by atoms with Crippen molar-refractivity contribution >= 4 is 61.5 Å². The van der Waals surface area contributed by atoms with Crippen LogP contribution in [0.3, 0.4) is 0 Å². The van der Waals surface area contributed by atoms with Gasteiger partial charge in [0.15, 0.2) is 22.9 Å². The third kappa shape index (κ3) is 9.10. The van der Waals surface area contributed by atoms with Gasteiger partial charge in [0.05, 0.1) is 42.7 Å². The zero-order valence-electron chi connectivity index (χ0n) is 32.9. The van der Waals surface area contributed by atoms with Crippen LogP contribution in [0.15, 0.2) is 25.3 Å². The number of anilines is 2. The number of nitrogens with two attached hydrogens (primary N) is 2. The number of imidazole rings is 2. The van der Waals surface area contributed by atoms with Gasteiger partial charge in [-0.05, 0) is 48.0 Å². The fourth-order valence-corrected chi connectivity index (χ4v) is 9.14. The number of phosphoric acid groups is 2. The van der Waals surface area contributed by atoms with Crippen molar-refractivity contribution in [2.24, 2.45) is 16.7 Å². The lowest BCUT2D eigenvalue weighted by Gasteiger charge is -2.30. The molecule has 4 N–H and O–H groups in total. The molecule has 26 heteroatoms. The van der Waals surface area contributed by atoms with Crippen LogP contribution in [0.25, 0.3) is 22.3 Å². The summed E-state index contributed by atoms with van der Waals surface area (Å²) in [6, 6.07) is -1.09. The first-order valence-corrected chi connectivity index (χ1v) is 21.3. The van der Waals surface area contributed by atoms with E-state index in [-0.39, 0.29) is 41.2 Å².